The number of carboxylic acids is 1. The van der Waals surface area contributed by atoms with E-state index in [1.54, 1.807) is 24.3 Å². The van der Waals surface area contributed by atoms with Crippen molar-refractivity contribution in [2.45, 2.75) is 31.4 Å². The summed E-state index contributed by atoms with van der Waals surface area (Å²) in [7, 11) is 0. The van der Waals surface area contributed by atoms with Crippen LogP contribution in [-0.4, -0.2) is 29.7 Å². The second kappa shape index (κ2) is 6.72. The molecule has 0 radical (unpaired) electrons. The van der Waals surface area contributed by atoms with Gasteiger partial charge in [0.1, 0.15) is 6.10 Å². The largest absolute Gasteiger partial charge is 0.481 e. The second-order valence-electron chi connectivity index (χ2n) is 4.71. The number of hydrogen-bond acceptors (Lipinski definition) is 3. The minimum Gasteiger partial charge on any atom is -0.481 e. The fourth-order valence-electron chi connectivity index (χ4n) is 2.17. The number of halogens is 1. The molecule has 1 aromatic carbocycles. The molecule has 1 saturated heterocycles. The van der Waals surface area contributed by atoms with Crippen LogP contribution < -0.4 is 5.32 Å². The molecule has 1 fully saturated rings. The van der Waals surface area contributed by atoms with Gasteiger partial charge in [0.25, 0.3) is 0 Å². The van der Waals surface area contributed by atoms with Gasteiger partial charge in [-0.05, 0) is 30.5 Å². The summed E-state index contributed by atoms with van der Waals surface area (Å²) in [4.78, 5) is 23.0. The van der Waals surface area contributed by atoms with Crippen LogP contribution in [0.5, 0.6) is 0 Å². The zero-order valence-corrected chi connectivity index (χ0v) is 11.6. The van der Waals surface area contributed by atoms with Crippen molar-refractivity contribution in [2.75, 3.05) is 6.61 Å². The highest BCUT2D eigenvalue weighted by atomic mass is 35.5. The molecule has 0 aliphatic carbocycles. The molecule has 5 nitrogen and oxygen atoms in total. The third-order valence-electron chi connectivity index (χ3n) is 3.19. The molecule has 1 amide bonds. The van der Waals surface area contributed by atoms with Gasteiger partial charge in [-0.1, -0.05) is 23.7 Å². The van der Waals surface area contributed by atoms with Crippen LogP contribution in [0.25, 0.3) is 0 Å². The van der Waals surface area contributed by atoms with Gasteiger partial charge in [-0.3, -0.25) is 9.59 Å². The predicted octanol–water partition coefficient (Wildman–Crippen LogP) is 2.15. The lowest BCUT2D eigenvalue weighted by Crippen LogP contribution is -2.37. The number of carbonyl (C=O) groups is 2. The van der Waals surface area contributed by atoms with Crippen molar-refractivity contribution < 1.29 is 19.4 Å². The fraction of sp³-hybridized carbons (Fsp3) is 0.429. The van der Waals surface area contributed by atoms with Gasteiger partial charge in [0.15, 0.2) is 0 Å². The number of carboxylic acid groups (broad SMARTS) is 1. The van der Waals surface area contributed by atoms with Crippen molar-refractivity contribution in [1.29, 1.82) is 0 Å². The topological polar surface area (TPSA) is 75.6 Å². The number of carbonyl (C=O) groups excluding carboxylic acids is 1. The Morgan fingerprint density at radius 1 is 1.40 bits per heavy atom. The van der Waals surface area contributed by atoms with Crippen molar-refractivity contribution in [3.8, 4) is 0 Å². The van der Waals surface area contributed by atoms with Crippen LogP contribution in [0.3, 0.4) is 0 Å². The van der Waals surface area contributed by atoms with E-state index in [9.17, 15) is 9.59 Å². The molecule has 0 bridgehead atoms. The number of benzene rings is 1. The fourth-order valence-corrected chi connectivity index (χ4v) is 2.30. The van der Waals surface area contributed by atoms with Crippen LogP contribution >= 0.6 is 11.6 Å². The van der Waals surface area contributed by atoms with E-state index in [2.05, 4.69) is 5.32 Å². The Kier molecular flexibility index (Phi) is 4.98. The van der Waals surface area contributed by atoms with Crippen LogP contribution in [0, 0.1) is 0 Å². The van der Waals surface area contributed by atoms with Crippen molar-refractivity contribution in [1.82, 2.24) is 5.32 Å². The Labute approximate surface area is 121 Å². The SMILES string of the molecule is O=C(O)C[C@@H](NC(=O)[C@@H]1CCCO1)c1ccc(Cl)cc1. The molecule has 108 valence electrons. The molecule has 0 unspecified atom stereocenters. The number of rotatable bonds is 5. The molecule has 2 N–H and O–H groups in total. The highest BCUT2D eigenvalue weighted by molar-refractivity contribution is 6.30. The Balaban J connectivity index is 2.08. The van der Waals surface area contributed by atoms with Gasteiger partial charge in [-0.2, -0.15) is 0 Å². The van der Waals surface area contributed by atoms with Gasteiger partial charge in [-0.15, -0.1) is 0 Å². The molecule has 1 aliphatic rings. The van der Waals surface area contributed by atoms with E-state index in [4.69, 9.17) is 21.4 Å². The quantitative estimate of drug-likeness (QED) is 0.873. The Hall–Kier alpha value is -1.59. The molecule has 2 atom stereocenters. The molecule has 0 saturated carbocycles. The summed E-state index contributed by atoms with van der Waals surface area (Å²) in [5, 5.41) is 12.3. The van der Waals surface area contributed by atoms with E-state index in [1.165, 1.54) is 0 Å². The molecule has 1 heterocycles. The molecular formula is C14H16ClNO4. The lowest BCUT2D eigenvalue weighted by molar-refractivity contribution is -0.138. The molecule has 0 aromatic heterocycles. The average molecular weight is 298 g/mol. The summed E-state index contributed by atoms with van der Waals surface area (Å²) in [5.41, 5.74) is 0.711. The molecule has 1 aliphatic heterocycles. The zero-order valence-electron chi connectivity index (χ0n) is 10.8. The van der Waals surface area contributed by atoms with Gasteiger partial charge < -0.3 is 15.2 Å². The lowest BCUT2D eigenvalue weighted by Gasteiger charge is -2.19. The third-order valence-corrected chi connectivity index (χ3v) is 3.44. The third kappa shape index (κ3) is 3.95. The summed E-state index contributed by atoms with van der Waals surface area (Å²) < 4.78 is 5.30. The van der Waals surface area contributed by atoms with E-state index in [0.29, 0.717) is 23.6 Å². The van der Waals surface area contributed by atoms with E-state index >= 15 is 0 Å². The van der Waals surface area contributed by atoms with E-state index in [1.807, 2.05) is 0 Å². The van der Waals surface area contributed by atoms with Gasteiger partial charge in [0.05, 0.1) is 12.5 Å². The van der Waals surface area contributed by atoms with Crippen LogP contribution in [0.15, 0.2) is 24.3 Å². The van der Waals surface area contributed by atoms with Crippen molar-refractivity contribution >= 4 is 23.5 Å². The number of aliphatic carboxylic acids is 1. The summed E-state index contributed by atoms with van der Waals surface area (Å²) in [5.74, 6) is -1.23. The highest BCUT2D eigenvalue weighted by Crippen LogP contribution is 2.21. The highest BCUT2D eigenvalue weighted by Gasteiger charge is 2.27. The van der Waals surface area contributed by atoms with Gasteiger partial charge in [0, 0.05) is 11.6 Å². The predicted molar refractivity (Wildman–Crippen MR) is 73.6 cm³/mol. The maximum Gasteiger partial charge on any atom is 0.305 e. The monoisotopic (exact) mass is 297 g/mol. The van der Waals surface area contributed by atoms with E-state index in [0.717, 1.165) is 6.42 Å². The minimum absolute atomic E-state index is 0.180. The van der Waals surface area contributed by atoms with E-state index in [-0.39, 0.29) is 12.3 Å². The first-order valence-corrected chi connectivity index (χ1v) is 6.83. The smallest absolute Gasteiger partial charge is 0.305 e. The van der Waals surface area contributed by atoms with Gasteiger partial charge in [0.2, 0.25) is 5.91 Å². The van der Waals surface area contributed by atoms with E-state index < -0.39 is 18.1 Å². The first-order chi connectivity index (χ1) is 9.56. The van der Waals surface area contributed by atoms with Crippen LogP contribution in [0.2, 0.25) is 5.02 Å². The number of ether oxygens (including phenoxy) is 1. The summed E-state index contributed by atoms with van der Waals surface area (Å²) >= 11 is 5.81. The first-order valence-electron chi connectivity index (χ1n) is 6.45. The zero-order chi connectivity index (χ0) is 14.5. The minimum atomic E-state index is -0.974. The molecule has 6 heteroatoms. The van der Waals surface area contributed by atoms with Gasteiger partial charge >= 0.3 is 5.97 Å². The summed E-state index contributed by atoms with van der Waals surface area (Å²) in [6.45, 7) is 0.572. The maximum atomic E-state index is 12.0. The number of nitrogens with one attached hydrogen (secondary N) is 1. The normalized spacial score (nSPS) is 19.6. The van der Waals surface area contributed by atoms with Crippen LogP contribution in [0.4, 0.5) is 0 Å². The van der Waals surface area contributed by atoms with Crippen molar-refractivity contribution in [2.24, 2.45) is 0 Å². The first kappa shape index (κ1) is 14.8. The molecular weight excluding hydrogens is 282 g/mol. The molecule has 20 heavy (non-hydrogen) atoms. The molecule has 0 spiro atoms. The molecule has 2 rings (SSSR count). The van der Waals surface area contributed by atoms with Crippen molar-refractivity contribution in [3.05, 3.63) is 34.9 Å². The summed E-state index contributed by atoms with van der Waals surface area (Å²) in [6, 6.07) is 6.19. The second-order valence-corrected chi connectivity index (χ2v) is 5.15. The van der Waals surface area contributed by atoms with Gasteiger partial charge in [-0.25, -0.2) is 0 Å². The van der Waals surface area contributed by atoms with Crippen LogP contribution in [-0.2, 0) is 14.3 Å². The lowest BCUT2D eigenvalue weighted by atomic mass is 10.0. The number of hydrogen-bond donors (Lipinski definition) is 2. The Bertz CT molecular complexity index is 482. The molecule has 1 aromatic rings. The Morgan fingerprint density at radius 3 is 2.65 bits per heavy atom. The Morgan fingerprint density at radius 2 is 2.10 bits per heavy atom. The number of amides is 1. The summed E-state index contributed by atoms with van der Waals surface area (Å²) in [6.07, 6.45) is 0.869. The van der Waals surface area contributed by atoms with Crippen molar-refractivity contribution in [3.63, 3.8) is 0 Å². The average Bonchev–Trinajstić information content (AvgIpc) is 2.92. The standard InChI is InChI=1S/C14H16ClNO4/c15-10-5-3-9(4-6-10)11(8-13(17)18)16-14(19)12-2-1-7-20-12/h3-6,11-12H,1-2,7-8H2,(H,16,19)(H,17,18)/t11-,12+/m1/s1. The maximum absolute atomic E-state index is 12.0. The van der Waals surface area contributed by atoms with Crippen LogP contribution in [0.1, 0.15) is 30.9 Å².